The standard InChI is InChI=1S/C17H22F3N3O4/c18-17(19,20)16(26,13-4-2-1-3-5-13)12-22-15(25)14(24)21-6-7-23-8-10-27-11-9-23/h1-5,26H,6-12H2,(H,21,24)(H,22,25). The molecule has 0 saturated carbocycles. The lowest BCUT2D eigenvalue weighted by atomic mass is 9.93. The Labute approximate surface area is 154 Å². The summed E-state index contributed by atoms with van der Waals surface area (Å²) in [5.41, 5.74) is -3.72. The van der Waals surface area contributed by atoms with Crippen molar-refractivity contribution in [3.63, 3.8) is 0 Å². The highest BCUT2D eigenvalue weighted by molar-refractivity contribution is 6.35. The minimum absolute atomic E-state index is 0.175. The van der Waals surface area contributed by atoms with Gasteiger partial charge in [0.25, 0.3) is 0 Å². The zero-order valence-corrected chi connectivity index (χ0v) is 14.6. The number of nitrogens with zero attached hydrogens (tertiary/aromatic N) is 1. The average molecular weight is 389 g/mol. The number of alkyl halides is 3. The molecule has 3 N–H and O–H groups in total. The molecule has 0 radical (unpaired) electrons. The highest BCUT2D eigenvalue weighted by Gasteiger charge is 2.55. The molecular weight excluding hydrogens is 367 g/mol. The molecule has 1 fully saturated rings. The second-order valence-corrected chi connectivity index (χ2v) is 6.12. The van der Waals surface area contributed by atoms with Gasteiger partial charge in [0, 0.05) is 26.2 Å². The SMILES string of the molecule is O=C(NCCN1CCOCC1)C(=O)NCC(O)(c1ccccc1)C(F)(F)F. The highest BCUT2D eigenvalue weighted by Crippen LogP contribution is 2.38. The highest BCUT2D eigenvalue weighted by atomic mass is 19.4. The summed E-state index contributed by atoms with van der Waals surface area (Å²) in [6.45, 7) is 2.09. The maximum Gasteiger partial charge on any atom is 0.423 e. The van der Waals surface area contributed by atoms with Gasteiger partial charge in [0.1, 0.15) is 0 Å². The van der Waals surface area contributed by atoms with E-state index in [4.69, 9.17) is 4.74 Å². The Kier molecular flexibility index (Phi) is 7.17. The van der Waals surface area contributed by atoms with Crippen molar-refractivity contribution in [2.75, 3.05) is 45.9 Å². The molecule has 1 unspecified atom stereocenters. The molecule has 1 atom stereocenters. The Morgan fingerprint density at radius 3 is 2.26 bits per heavy atom. The minimum Gasteiger partial charge on any atom is -0.379 e. The molecule has 7 nitrogen and oxygen atoms in total. The van der Waals surface area contributed by atoms with Gasteiger partial charge in [0.05, 0.1) is 19.8 Å². The molecule has 0 bridgehead atoms. The molecule has 1 aromatic rings. The molecule has 0 aromatic heterocycles. The minimum atomic E-state index is -5.03. The molecule has 150 valence electrons. The van der Waals surface area contributed by atoms with Gasteiger partial charge in [-0.05, 0) is 5.56 Å². The molecule has 1 aromatic carbocycles. The monoisotopic (exact) mass is 389 g/mol. The van der Waals surface area contributed by atoms with Crippen LogP contribution in [-0.4, -0.2) is 73.9 Å². The Balaban J connectivity index is 1.86. The van der Waals surface area contributed by atoms with Crippen LogP contribution in [0.5, 0.6) is 0 Å². The van der Waals surface area contributed by atoms with Crippen molar-refractivity contribution in [3.05, 3.63) is 35.9 Å². The molecule has 1 saturated heterocycles. The third-order valence-electron chi connectivity index (χ3n) is 4.25. The number of hydrogen-bond acceptors (Lipinski definition) is 5. The first-order valence-electron chi connectivity index (χ1n) is 8.45. The first kappa shape index (κ1) is 21.1. The molecule has 0 spiro atoms. The van der Waals surface area contributed by atoms with E-state index in [1.54, 1.807) is 0 Å². The van der Waals surface area contributed by atoms with Gasteiger partial charge in [-0.1, -0.05) is 30.3 Å². The van der Waals surface area contributed by atoms with Crippen LogP contribution in [0, 0.1) is 0 Å². The van der Waals surface area contributed by atoms with Gasteiger partial charge in [-0.3, -0.25) is 14.5 Å². The first-order chi connectivity index (χ1) is 12.7. The van der Waals surface area contributed by atoms with Crippen molar-refractivity contribution < 1.29 is 32.6 Å². The lowest BCUT2D eigenvalue weighted by Crippen LogP contribution is -2.53. The third kappa shape index (κ3) is 5.65. The van der Waals surface area contributed by atoms with Crippen molar-refractivity contribution in [3.8, 4) is 0 Å². The van der Waals surface area contributed by atoms with E-state index in [1.807, 2.05) is 10.2 Å². The van der Waals surface area contributed by atoms with E-state index in [-0.39, 0.29) is 6.54 Å². The zero-order valence-electron chi connectivity index (χ0n) is 14.6. The summed E-state index contributed by atoms with van der Waals surface area (Å²) in [6, 6.07) is 6.38. The molecule has 1 aliphatic rings. The molecule has 0 aliphatic carbocycles. The van der Waals surface area contributed by atoms with Crippen molar-refractivity contribution in [2.45, 2.75) is 11.8 Å². The smallest absolute Gasteiger partial charge is 0.379 e. The van der Waals surface area contributed by atoms with Gasteiger partial charge >= 0.3 is 18.0 Å². The van der Waals surface area contributed by atoms with E-state index in [0.29, 0.717) is 32.8 Å². The summed E-state index contributed by atoms with van der Waals surface area (Å²) in [6.07, 6.45) is -5.03. The van der Waals surface area contributed by atoms with Crippen molar-refractivity contribution >= 4 is 11.8 Å². The Morgan fingerprint density at radius 2 is 1.67 bits per heavy atom. The number of amides is 2. The third-order valence-corrected chi connectivity index (χ3v) is 4.25. The molecule has 2 amide bonds. The largest absolute Gasteiger partial charge is 0.423 e. The summed E-state index contributed by atoms with van der Waals surface area (Å²) >= 11 is 0. The number of rotatable bonds is 6. The summed E-state index contributed by atoms with van der Waals surface area (Å²) in [4.78, 5) is 25.6. The van der Waals surface area contributed by atoms with Gasteiger partial charge in [0.15, 0.2) is 0 Å². The van der Waals surface area contributed by atoms with Gasteiger partial charge in [-0.15, -0.1) is 0 Å². The van der Waals surface area contributed by atoms with Crippen LogP contribution in [0.2, 0.25) is 0 Å². The van der Waals surface area contributed by atoms with Crippen molar-refractivity contribution in [1.82, 2.24) is 15.5 Å². The summed E-state index contributed by atoms with van der Waals surface area (Å²) in [7, 11) is 0. The van der Waals surface area contributed by atoms with E-state index >= 15 is 0 Å². The van der Waals surface area contributed by atoms with E-state index in [0.717, 1.165) is 12.1 Å². The fourth-order valence-corrected chi connectivity index (χ4v) is 2.60. The van der Waals surface area contributed by atoms with Crippen LogP contribution < -0.4 is 10.6 Å². The lowest BCUT2D eigenvalue weighted by Gasteiger charge is -2.31. The van der Waals surface area contributed by atoms with Crippen LogP contribution in [-0.2, 0) is 19.9 Å². The van der Waals surface area contributed by atoms with Crippen molar-refractivity contribution in [1.29, 1.82) is 0 Å². The van der Waals surface area contributed by atoms with E-state index in [2.05, 4.69) is 5.32 Å². The van der Waals surface area contributed by atoms with Gasteiger partial charge < -0.3 is 20.5 Å². The molecule has 1 aliphatic heterocycles. The van der Waals surface area contributed by atoms with Crippen LogP contribution in [0.15, 0.2) is 30.3 Å². The Bertz CT molecular complexity index is 636. The molecule has 1 heterocycles. The summed E-state index contributed by atoms with van der Waals surface area (Å²) in [5.74, 6) is -2.29. The second-order valence-electron chi connectivity index (χ2n) is 6.12. The number of benzene rings is 1. The molecule has 2 rings (SSSR count). The van der Waals surface area contributed by atoms with Gasteiger partial charge in [0.2, 0.25) is 5.60 Å². The van der Waals surface area contributed by atoms with E-state index in [9.17, 15) is 27.9 Å². The van der Waals surface area contributed by atoms with Gasteiger partial charge in [-0.25, -0.2) is 0 Å². The number of carbonyl (C=O) groups excluding carboxylic acids is 2. The maximum absolute atomic E-state index is 13.3. The topological polar surface area (TPSA) is 90.9 Å². The Morgan fingerprint density at radius 1 is 1.07 bits per heavy atom. The normalized spacial score (nSPS) is 17.8. The zero-order chi connectivity index (χ0) is 19.9. The number of ether oxygens (including phenoxy) is 1. The van der Waals surface area contributed by atoms with E-state index < -0.39 is 35.7 Å². The lowest BCUT2D eigenvalue weighted by molar-refractivity contribution is -0.264. The predicted octanol–water partition coefficient (Wildman–Crippen LogP) is 0.00110. The molecule has 27 heavy (non-hydrogen) atoms. The number of hydrogen-bond donors (Lipinski definition) is 3. The van der Waals surface area contributed by atoms with Crippen LogP contribution in [0.1, 0.15) is 5.56 Å². The van der Waals surface area contributed by atoms with E-state index in [1.165, 1.54) is 18.2 Å². The first-order valence-corrected chi connectivity index (χ1v) is 8.45. The predicted molar refractivity (Wildman–Crippen MR) is 89.7 cm³/mol. The number of carbonyl (C=O) groups is 2. The fraction of sp³-hybridized carbons (Fsp3) is 0.529. The maximum atomic E-state index is 13.3. The number of halogens is 3. The summed E-state index contributed by atoms with van der Waals surface area (Å²) in [5, 5.41) is 14.3. The Hall–Kier alpha value is -2.17. The number of aliphatic hydroxyl groups is 1. The van der Waals surface area contributed by atoms with Crippen LogP contribution >= 0.6 is 0 Å². The summed E-state index contributed by atoms with van der Waals surface area (Å²) < 4.78 is 45.2. The number of morpholine rings is 1. The second kappa shape index (κ2) is 9.16. The quantitative estimate of drug-likeness (QED) is 0.596. The van der Waals surface area contributed by atoms with Crippen molar-refractivity contribution in [2.24, 2.45) is 0 Å². The van der Waals surface area contributed by atoms with Crippen LogP contribution in [0.3, 0.4) is 0 Å². The van der Waals surface area contributed by atoms with Crippen LogP contribution in [0.4, 0.5) is 13.2 Å². The molecule has 10 heteroatoms. The fourth-order valence-electron chi connectivity index (χ4n) is 2.60. The number of nitrogens with one attached hydrogen (secondary N) is 2. The average Bonchev–Trinajstić information content (AvgIpc) is 2.66. The molecular formula is C17H22F3N3O4. The van der Waals surface area contributed by atoms with Gasteiger partial charge in [-0.2, -0.15) is 13.2 Å². The van der Waals surface area contributed by atoms with Crippen LogP contribution in [0.25, 0.3) is 0 Å².